The van der Waals surface area contributed by atoms with Crippen LogP contribution in [0.4, 0.5) is 4.79 Å². The Bertz CT molecular complexity index is 950. The van der Waals surface area contributed by atoms with E-state index in [0.29, 0.717) is 18.8 Å². The van der Waals surface area contributed by atoms with E-state index in [1.807, 2.05) is 46.0 Å². The normalized spacial score (nSPS) is 19.4. The first-order valence-corrected chi connectivity index (χ1v) is 10.0. The van der Waals surface area contributed by atoms with Gasteiger partial charge in [0.15, 0.2) is 0 Å². The number of imidazole rings is 1. The summed E-state index contributed by atoms with van der Waals surface area (Å²) in [5, 5.41) is 12.1. The molecule has 0 radical (unpaired) electrons. The zero-order valence-electron chi connectivity index (χ0n) is 17.7. The molecule has 0 saturated carbocycles. The van der Waals surface area contributed by atoms with Crippen molar-refractivity contribution in [1.82, 2.24) is 20.2 Å². The maximum absolute atomic E-state index is 13.3. The second-order valence-electron chi connectivity index (χ2n) is 7.97. The molecule has 0 spiro atoms. The Morgan fingerprint density at radius 1 is 1.37 bits per heavy atom. The number of likely N-dealkylation sites (tertiary alicyclic amines) is 1. The number of aromatic amines is 1. The largest absolute Gasteiger partial charge is 0.453 e. The van der Waals surface area contributed by atoms with Gasteiger partial charge in [-0.3, -0.25) is 4.79 Å². The Kier molecular flexibility index (Phi) is 6.45. The molecule has 3 rings (SSSR count). The second-order valence-corrected chi connectivity index (χ2v) is 7.97. The van der Waals surface area contributed by atoms with Crippen LogP contribution in [0.1, 0.15) is 32.1 Å². The third-order valence-corrected chi connectivity index (χ3v) is 5.43. The van der Waals surface area contributed by atoms with Crippen LogP contribution < -0.4 is 10.8 Å². The molecule has 0 bridgehead atoms. The van der Waals surface area contributed by atoms with Crippen molar-refractivity contribution in [2.24, 2.45) is 11.8 Å². The molecule has 1 aromatic carbocycles. The van der Waals surface area contributed by atoms with Gasteiger partial charge in [-0.15, -0.1) is 0 Å². The topological polar surface area (TPSA) is 111 Å². The van der Waals surface area contributed by atoms with E-state index in [1.165, 1.54) is 12.6 Å². The number of aromatic nitrogens is 2. The van der Waals surface area contributed by atoms with Crippen molar-refractivity contribution < 1.29 is 14.3 Å². The quantitative estimate of drug-likeness (QED) is 0.722. The van der Waals surface area contributed by atoms with Crippen molar-refractivity contribution in [3.05, 3.63) is 36.3 Å². The van der Waals surface area contributed by atoms with Gasteiger partial charge in [0.1, 0.15) is 19.7 Å². The Morgan fingerprint density at radius 3 is 2.67 bits per heavy atom. The number of carbonyl (C=O) groups excluding carboxylic acids is 2. The summed E-state index contributed by atoms with van der Waals surface area (Å²) in [7, 11) is 3.29. The number of methoxy groups -OCH3 is 1. The molecule has 1 fully saturated rings. The summed E-state index contributed by atoms with van der Waals surface area (Å²) >= 11 is 0. The standard InChI is InChI=1S/C21H26BN5O3/c1-12(2)18(26-21(29)30-3)20(28)27-11-13(9-23)8-17(27)19-24-10-16(25-19)14-4-6-15(22)7-5-14/h4-7,10,12-13,17-18H,8,11,22H2,1-3H3,(H,24,25)(H,26,29)/t13-,17+,18+/m1/s1. The summed E-state index contributed by atoms with van der Waals surface area (Å²) in [6, 6.07) is 9.24. The molecule has 8 nitrogen and oxygen atoms in total. The van der Waals surface area contributed by atoms with Crippen molar-refractivity contribution in [2.75, 3.05) is 13.7 Å². The Balaban J connectivity index is 1.87. The molecule has 1 aromatic heterocycles. The van der Waals surface area contributed by atoms with E-state index in [1.54, 1.807) is 11.1 Å². The number of ether oxygens (including phenoxy) is 1. The number of benzene rings is 1. The minimum absolute atomic E-state index is 0.141. The van der Waals surface area contributed by atoms with Crippen molar-refractivity contribution in [1.29, 1.82) is 5.26 Å². The van der Waals surface area contributed by atoms with Gasteiger partial charge in [0.2, 0.25) is 5.91 Å². The van der Waals surface area contributed by atoms with E-state index in [-0.39, 0.29) is 23.8 Å². The molecule has 2 amide bonds. The minimum atomic E-state index is -0.746. The van der Waals surface area contributed by atoms with Crippen LogP contribution in [-0.4, -0.2) is 54.4 Å². The highest BCUT2D eigenvalue weighted by Crippen LogP contribution is 2.35. The van der Waals surface area contributed by atoms with Crippen LogP contribution in [0.3, 0.4) is 0 Å². The summed E-state index contributed by atoms with van der Waals surface area (Å²) in [6.45, 7) is 4.01. The first-order valence-electron chi connectivity index (χ1n) is 10.0. The number of nitrogens with zero attached hydrogens (tertiary/aromatic N) is 3. The predicted molar refractivity (Wildman–Crippen MR) is 115 cm³/mol. The molecular weight excluding hydrogens is 381 g/mol. The maximum Gasteiger partial charge on any atom is 0.407 e. The summed E-state index contributed by atoms with van der Waals surface area (Å²) in [6.07, 6.45) is 1.58. The van der Waals surface area contributed by atoms with E-state index in [9.17, 15) is 14.9 Å². The van der Waals surface area contributed by atoms with Crippen LogP contribution in [0, 0.1) is 23.2 Å². The van der Waals surface area contributed by atoms with E-state index in [2.05, 4.69) is 26.1 Å². The number of hydrogen-bond donors (Lipinski definition) is 2. The van der Waals surface area contributed by atoms with Crippen molar-refractivity contribution >= 4 is 25.3 Å². The van der Waals surface area contributed by atoms with E-state index < -0.39 is 12.1 Å². The maximum atomic E-state index is 13.3. The average Bonchev–Trinajstić information content (AvgIpc) is 3.38. The molecule has 9 heteroatoms. The molecule has 156 valence electrons. The van der Waals surface area contributed by atoms with Crippen molar-refractivity contribution in [3.63, 3.8) is 0 Å². The van der Waals surface area contributed by atoms with Gasteiger partial charge in [0.25, 0.3) is 0 Å². The van der Waals surface area contributed by atoms with E-state index in [0.717, 1.165) is 11.3 Å². The lowest BCUT2D eigenvalue weighted by molar-refractivity contribution is -0.135. The highest BCUT2D eigenvalue weighted by atomic mass is 16.5. The molecule has 0 unspecified atom stereocenters. The highest BCUT2D eigenvalue weighted by Gasteiger charge is 2.41. The molecule has 2 heterocycles. The van der Waals surface area contributed by atoms with Crippen molar-refractivity contribution in [3.8, 4) is 17.3 Å². The monoisotopic (exact) mass is 407 g/mol. The number of H-pyrrole nitrogens is 1. The summed E-state index contributed by atoms with van der Waals surface area (Å²) in [5.41, 5.74) is 3.02. The number of nitrogens with one attached hydrogen (secondary N) is 2. The lowest BCUT2D eigenvalue weighted by Gasteiger charge is -2.29. The summed E-state index contributed by atoms with van der Waals surface area (Å²) < 4.78 is 4.67. The zero-order valence-corrected chi connectivity index (χ0v) is 17.7. The molecule has 1 aliphatic heterocycles. The first-order chi connectivity index (χ1) is 14.3. The van der Waals surface area contributed by atoms with Crippen LogP contribution in [0.2, 0.25) is 0 Å². The van der Waals surface area contributed by atoms with Gasteiger partial charge in [0.05, 0.1) is 37.0 Å². The van der Waals surface area contributed by atoms with Gasteiger partial charge >= 0.3 is 6.09 Å². The number of hydrogen-bond acceptors (Lipinski definition) is 5. The number of nitriles is 1. The fraction of sp³-hybridized carbons (Fsp3) is 0.429. The van der Waals surface area contributed by atoms with Gasteiger partial charge in [-0.1, -0.05) is 43.6 Å². The molecular formula is C21H26BN5O3. The van der Waals surface area contributed by atoms with E-state index >= 15 is 0 Å². The fourth-order valence-corrected chi connectivity index (χ4v) is 3.70. The molecule has 2 N–H and O–H groups in total. The van der Waals surface area contributed by atoms with Gasteiger partial charge < -0.3 is 19.9 Å². The van der Waals surface area contributed by atoms with Gasteiger partial charge in [-0.25, -0.2) is 9.78 Å². The number of alkyl carbamates (subject to hydrolysis) is 1. The Hall–Kier alpha value is -3.28. The first kappa shape index (κ1) is 21.4. The lowest BCUT2D eigenvalue weighted by atomic mass is 9.95. The van der Waals surface area contributed by atoms with Gasteiger partial charge in [-0.05, 0) is 17.9 Å². The summed E-state index contributed by atoms with van der Waals surface area (Å²) in [5.74, 6) is -0.0420. The molecule has 1 aliphatic rings. The Morgan fingerprint density at radius 2 is 2.07 bits per heavy atom. The van der Waals surface area contributed by atoms with Crippen LogP contribution in [-0.2, 0) is 9.53 Å². The number of amides is 2. The lowest BCUT2D eigenvalue weighted by Crippen LogP contribution is -2.51. The molecule has 30 heavy (non-hydrogen) atoms. The van der Waals surface area contributed by atoms with E-state index in [4.69, 9.17) is 0 Å². The zero-order chi connectivity index (χ0) is 21.8. The SMILES string of the molecule is Bc1ccc(-c2cnc([C@@H]3C[C@H](C#N)CN3C(=O)[C@@H](NC(=O)OC)C(C)C)[nH]2)cc1. The van der Waals surface area contributed by atoms with Crippen LogP contribution in [0.15, 0.2) is 30.5 Å². The fourth-order valence-electron chi connectivity index (χ4n) is 3.70. The second kappa shape index (κ2) is 9.03. The third kappa shape index (κ3) is 4.48. The minimum Gasteiger partial charge on any atom is -0.453 e. The average molecular weight is 407 g/mol. The highest BCUT2D eigenvalue weighted by molar-refractivity contribution is 6.32. The van der Waals surface area contributed by atoms with Gasteiger partial charge in [-0.2, -0.15) is 5.26 Å². The molecule has 2 aromatic rings. The molecule has 3 atom stereocenters. The van der Waals surface area contributed by atoms with Crippen molar-refractivity contribution in [2.45, 2.75) is 32.4 Å². The smallest absolute Gasteiger partial charge is 0.407 e. The Labute approximate surface area is 177 Å². The number of rotatable bonds is 5. The molecule has 1 saturated heterocycles. The van der Waals surface area contributed by atoms with Gasteiger partial charge in [0, 0.05) is 6.54 Å². The third-order valence-electron chi connectivity index (χ3n) is 5.43. The predicted octanol–water partition coefficient (Wildman–Crippen LogP) is 1.13. The number of carbonyl (C=O) groups is 2. The van der Waals surface area contributed by atoms with Crippen LogP contribution >= 0.6 is 0 Å². The van der Waals surface area contributed by atoms with Crippen LogP contribution in [0.5, 0.6) is 0 Å². The summed E-state index contributed by atoms with van der Waals surface area (Å²) in [4.78, 5) is 34.5. The molecule has 0 aliphatic carbocycles. The van der Waals surface area contributed by atoms with Crippen LogP contribution in [0.25, 0.3) is 11.3 Å².